The summed E-state index contributed by atoms with van der Waals surface area (Å²) in [5.41, 5.74) is 0.972. The molecule has 2 rings (SSSR count). The highest BCUT2D eigenvalue weighted by atomic mass is 35.5. The minimum absolute atomic E-state index is 0.136. The van der Waals surface area contributed by atoms with E-state index in [1.807, 2.05) is 12.1 Å². The Labute approximate surface area is 125 Å². The van der Waals surface area contributed by atoms with Gasteiger partial charge in [0.2, 0.25) is 0 Å². The van der Waals surface area contributed by atoms with Crippen LogP contribution in [0.1, 0.15) is 5.56 Å². The SMILES string of the molecule is FC(F)(F)COc1ccc(Oc2ccc(CCl)cc2)cc1. The van der Waals surface area contributed by atoms with Crippen molar-refractivity contribution < 1.29 is 22.6 Å². The molecule has 2 aromatic rings. The molecule has 0 saturated heterocycles. The van der Waals surface area contributed by atoms with E-state index in [-0.39, 0.29) is 5.75 Å². The first-order valence-corrected chi connectivity index (χ1v) is 6.62. The van der Waals surface area contributed by atoms with Gasteiger partial charge in [-0.05, 0) is 42.0 Å². The van der Waals surface area contributed by atoms with Crippen LogP contribution in [-0.2, 0) is 5.88 Å². The second kappa shape index (κ2) is 6.72. The normalized spacial score (nSPS) is 11.2. The van der Waals surface area contributed by atoms with Crippen molar-refractivity contribution in [1.82, 2.24) is 0 Å². The summed E-state index contributed by atoms with van der Waals surface area (Å²) in [6, 6.07) is 13.1. The number of hydrogen-bond donors (Lipinski definition) is 0. The van der Waals surface area contributed by atoms with Gasteiger partial charge in [-0.2, -0.15) is 13.2 Å². The molecule has 0 saturated carbocycles. The van der Waals surface area contributed by atoms with Crippen molar-refractivity contribution in [1.29, 1.82) is 0 Å². The van der Waals surface area contributed by atoms with E-state index in [0.717, 1.165) is 5.56 Å². The van der Waals surface area contributed by atoms with Gasteiger partial charge in [0.25, 0.3) is 0 Å². The van der Waals surface area contributed by atoms with E-state index in [0.29, 0.717) is 17.4 Å². The van der Waals surface area contributed by atoms with Gasteiger partial charge in [0.15, 0.2) is 6.61 Å². The van der Waals surface area contributed by atoms with Gasteiger partial charge in [-0.15, -0.1) is 11.6 Å². The van der Waals surface area contributed by atoms with Crippen LogP contribution in [-0.4, -0.2) is 12.8 Å². The number of benzene rings is 2. The summed E-state index contributed by atoms with van der Waals surface area (Å²) in [6.45, 7) is -1.31. The zero-order valence-corrected chi connectivity index (χ0v) is 11.6. The Bertz CT molecular complexity index is 565. The Balaban J connectivity index is 1.95. The lowest BCUT2D eigenvalue weighted by atomic mass is 10.2. The summed E-state index contributed by atoms with van der Waals surface area (Å²) < 4.78 is 46.2. The fourth-order valence-electron chi connectivity index (χ4n) is 1.55. The molecule has 0 atom stereocenters. The molecule has 0 bridgehead atoms. The Morgan fingerprint density at radius 2 is 1.29 bits per heavy atom. The first-order chi connectivity index (χ1) is 9.96. The van der Waals surface area contributed by atoms with Crippen LogP contribution in [0.2, 0.25) is 0 Å². The van der Waals surface area contributed by atoms with Crippen LogP contribution in [0.25, 0.3) is 0 Å². The molecule has 112 valence electrons. The Morgan fingerprint density at radius 3 is 1.76 bits per heavy atom. The number of ether oxygens (including phenoxy) is 2. The van der Waals surface area contributed by atoms with Crippen molar-refractivity contribution in [2.45, 2.75) is 12.1 Å². The molecule has 0 aliphatic rings. The van der Waals surface area contributed by atoms with Gasteiger partial charge in [-0.3, -0.25) is 0 Å². The monoisotopic (exact) mass is 316 g/mol. The van der Waals surface area contributed by atoms with Gasteiger partial charge in [0.05, 0.1) is 0 Å². The predicted molar refractivity (Wildman–Crippen MR) is 74.1 cm³/mol. The quantitative estimate of drug-likeness (QED) is 0.709. The molecule has 6 heteroatoms. The fraction of sp³-hybridized carbons (Fsp3) is 0.200. The van der Waals surface area contributed by atoms with Crippen LogP contribution in [0.4, 0.5) is 13.2 Å². The van der Waals surface area contributed by atoms with Gasteiger partial charge in [0, 0.05) is 5.88 Å². The highest BCUT2D eigenvalue weighted by Gasteiger charge is 2.28. The minimum atomic E-state index is -4.35. The first-order valence-electron chi connectivity index (χ1n) is 6.09. The maximum Gasteiger partial charge on any atom is 0.422 e. The largest absolute Gasteiger partial charge is 0.484 e. The molecule has 0 amide bonds. The molecule has 0 radical (unpaired) electrons. The second-order valence-electron chi connectivity index (χ2n) is 4.25. The van der Waals surface area contributed by atoms with Crippen LogP contribution in [0.5, 0.6) is 17.2 Å². The summed E-state index contributed by atoms with van der Waals surface area (Å²) in [5.74, 6) is 1.68. The average molecular weight is 317 g/mol. The highest BCUT2D eigenvalue weighted by Crippen LogP contribution is 2.25. The fourth-order valence-corrected chi connectivity index (χ4v) is 1.73. The molecule has 0 heterocycles. The lowest BCUT2D eigenvalue weighted by Gasteiger charge is -2.10. The van der Waals surface area contributed by atoms with E-state index in [9.17, 15) is 13.2 Å². The number of halogens is 4. The molecule has 0 N–H and O–H groups in total. The van der Waals surface area contributed by atoms with Gasteiger partial charge in [0.1, 0.15) is 17.2 Å². The van der Waals surface area contributed by atoms with E-state index in [1.54, 1.807) is 24.3 Å². The maximum atomic E-state index is 12.0. The maximum absolute atomic E-state index is 12.0. The van der Waals surface area contributed by atoms with E-state index in [4.69, 9.17) is 16.3 Å². The van der Waals surface area contributed by atoms with Gasteiger partial charge < -0.3 is 9.47 Å². The molecule has 0 aliphatic carbocycles. The van der Waals surface area contributed by atoms with Crippen molar-refractivity contribution in [3.63, 3.8) is 0 Å². The zero-order chi connectivity index (χ0) is 15.3. The van der Waals surface area contributed by atoms with Crippen molar-refractivity contribution in [3.05, 3.63) is 54.1 Å². The number of hydrogen-bond acceptors (Lipinski definition) is 2. The summed E-state index contributed by atoms with van der Waals surface area (Å²) in [4.78, 5) is 0. The van der Waals surface area contributed by atoms with Crippen LogP contribution in [0.3, 0.4) is 0 Å². The summed E-state index contributed by atoms with van der Waals surface area (Å²) in [7, 11) is 0. The lowest BCUT2D eigenvalue weighted by molar-refractivity contribution is -0.153. The molecule has 2 nitrogen and oxygen atoms in total. The van der Waals surface area contributed by atoms with Gasteiger partial charge in [-0.1, -0.05) is 12.1 Å². The molecule has 2 aromatic carbocycles. The second-order valence-corrected chi connectivity index (χ2v) is 4.52. The predicted octanol–water partition coefficient (Wildman–Crippen LogP) is 5.16. The third-order valence-electron chi connectivity index (χ3n) is 2.54. The summed E-state index contributed by atoms with van der Waals surface area (Å²) in [6.07, 6.45) is -4.35. The van der Waals surface area contributed by atoms with Crippen LogP contribution < -0.4 is 9.47 Å². The lowest BCUT2D eigenvalue weighted by Crippen LogP contribution is -2.19. The van der Waals surface area contributed by atoms with Crippen LogP contribution >= 0.6 is 11.6 Å². The molecule has 0 unspecified atom stereocenters. The standard InChI is InChI=1S/C15H12ClF3O2/c16-9-11-1-3-13(4-2-11)21-14-7-5-12(6-8-14)20-10-15(17,18)19/h1-8H,9-10H2. The van der Waals surface area contributed by atoms with Crippen LogP contribution in [0, 0.1) is 0 Å². The smallest absolute Gasteiger partial charge is 0.422 e. The summed E-state index contributed by atoms with van der Waals surface area (Å²) >= 11 is 5.68. The summed E-state index contributed by atoms with van der Waals surface area (Å²) in [5, 5.41) is 0. The third-order valence-corrected chi connectivity index (χ3v) is 2.85. The van der Waals surface area contributed by atoms with Crippen molar-refractivity contribution in [3.8, 4) is 17.2 Å². The van der Waals surface area contributed by atoms with E-state index in [2.05, 4.69) is 4.74 Å². The Hall–Kier alpha value is -1.88. The topological polar surface area (TPSA) is 18.5 Å². The van der Waals surface area contributed by atoms with Gasteiger partial charge >= 0.3 is 6.18 Å². The molecule has 21 heavy (non-hydrogen) atoms. The molecule has 0 aliphatic heterocycles. The Morgan fingerprint density at radius 1 is 0.810 bits per heavy atom. The number of alkyl halides is 4. The first kappa shape index (κ1) is 15.5. The van der Waals surface area contributed by atoms with E-state index >= 15 is 0 Å². The number of rotatable bonds is 5. The van der Waals surface area contributed by atoms with E-state index < -0.39 is 12.8 Å². The van der Waals surface area contributed by atoms with E-state index in [1.165, 1.54) is 12.1 Å². The third kappa shape index (κ3) is 5.19. The highest BCUT2D eigenvalue weighted by molar-refractivity contribution is 6.17. The molecular weight excluding hydrogens is 305 g/mol. The molecular formula is C15H12ClF3O2. The van der Waals surface area contributed by atoms with Crippen molar-refractivity contribution in [2.75, 3.05) is 6.61 Å². The minimum Gasteiger partial charge on any atom is -0.484 e. The molecule has 0 spiro atoms. The molecule has 0 aromatic heterocycles. The van der Waals surface area contributed by atoms with Crippen LogP contribution in [0.15, 0.2) is 48.5 Å². The van der Waals surface area contributed by atoms with Crippen molar-refractivity contribution in [2.24, 2.45) is 0 Å². The Kier molecular flexibility index (Phi) is 4.96. The average Bonchev–Trinajstić information content (AvgIpc) is 2.46. The van der Waals surface area contributed by atoms with Gasteiger partial charge in [-0.25, -0.2) is 0 Å². The van der Waals surface area contributed by atoms with Crippen molar-refractivity contribution >= 4 is 11.6 Å². The molecule has 0 fully saturated rings. The zero-order valence-electron chi connectivity index (χ0n) is 10.9.